The lowest BCUT2D eigenvalue weighted by atomic mass is 10.1. The van der Waals surface area contributed by atoms with Crippen molar-refractivity contribution in [3.63, 3.8) is 0 Å². The highest BCUT2D eigenvalue weighted by Crippen LogP contribution is 2.54. The van der Waals surface area contributed by atoms with E-state index < -0.39 is 58.9 Å². The maximum absolute atomic E-state index is 13.6. The van der Waals surface area contributed by atoms with Gasteiger partial charge in [0.15, 0.2) is 0 Å². The van der Waals surface area contributed by atoms with Crippen LogP contribution in [0, 0.1) is 0 Å². The van der Waals surface area contributed by atoms with E-state index in [-0.39, 0.29) is 0 Å². The van der Waals surface area contributed by atoms with Crippen molar-refractivity contribution in [2.75, 3.05) is 4.72 Å². The van der Waals surface area contributed by atoms with Crippen LogP contribution in [0.3, 0.4) is 0 Å². The van der Waals surface area contributed by atoms with Crippen molar-refractivity contribution in [3.8, 4) is 0 Å². The highest BCUT2D eigenvalue weighted by atomic mass is 35.5. The second-order valence-electron chi connectivity index (χ2n) is 4.96. The van der Waals surface area contributed by atoms with Crippen molar-refractivity contribution in [1.82, 2.24) is 0 Å². The Morgan fingerprint density at radius 2 is 1.32 bits per heavy atom. The van der Waals surface area contributed by atoms with Gasteiger partial charge in [-0.2, -0.15) is 47.9 Å². The molecular formula is C10H6ClF9N2O4S2. The maximum atomic E-state index is 13.6. The Balaban J connectivity index is 3.43. The van der Waals surface area contributed by atoms with Crippen LogP contribution in [0.5, 0.6) is 0 Å². The average Bonchev–Trinajstić information content (AvgIpc) is 2.46. The molecule has 0 fully saturated rings. The van der Waals surface area contributed by atoms with E-state index in [1.807, 2.05) is 0 Å². The van der Waals surface area contributed by atoms with Crippen LogP contribution in [0.15, 0.2) is 23.1 Å². The van der Waals surface area contributed by atoms with Gasteiger partial charge in [-0.1, -0.05) is 11.6 Å². The molecule has 0 bridgehead atoms. The fourth-order valence-electron chi connectivity index (χ4n) is 1.49. The highest BCUT2D eigenvalue weighted by Gasteiger charge is 2.85. The standard InChI is InChI=1S/C10H6ClF9N2O4S2/c11-5-3-4(27(21,23)24)1-2-6(5)22-28(25,26)10(19,20)8(14,15)7(12,13)9(16,17)18/h1-3,22H,(H2,21,23,24). The minimum absolute atomic E-state index is 0.315. The van der Waals surface area contributed by atoms with Gasteiger partial charge in [0.1, 0.15) is 0 Å². The van der Waals surface area contributed by atoms with Gasteiger partial charge in [0.25, 0.3) is 0 Å². The quantitative estimate of drug-likeness (QED) is 0.600. The molecule has 0 radical (unpaired) electrons. The molecule has 0 saturated carbocycles. The molecule has 0 aliphatic carbocycles. The molecule has 1 aromatic carbocycles. The zero-order valence-corrected chi connectivity index (χ0v) is 14.9. The number of nitrogens with one attached hydrogen (secondary N) is 1. The number of sulfonamides is 2. The van der Waals surface area contributed by atoms with Gasteiger partial charge >= 0.3 is 33.3 Å². The van der Waals surface area contributed by atoms with Crippen molar-refractivity contribution >= 4 is 37.3 Å². The van der Waals surface area contributed by atoms with E-state index in [0.717, 1.165) is 0 Å². The first-order valence-electron chi connectivity index (χ1n) is 6.14. The summed E-state index contributed by atoms with van der Waals surface area (Å²) in [5.74, 6) is -14.9. The van der Waals surface area contributed by atoms with Gasteiger partial charge in [0.2, 0.25) is 10.0 Å². The lowest BCUT2D eigenvalue weighted by Gasteiger charge is -2.33. The second-order valence-corrected chi connectivity index (χ2v) is 8.65. The first-order chi connectivity index (χ1) is 12.1. The summed E-state index contributed by atoms with van der Waals surface area (Å²) in [5.41, 5.74) is -1.24. The van der Waals surface area contributed by atoms with Crippen molar-refractivity contribution in [3.05, 3.63) is 23.2 Å². The van der Waals surface area contributed by atoms with Gasteiger partial charge in [-0.15, -0.1) is 0 Å². The van der Waals surface area contributed by atoms with Gasteiger partial charge < -0.3 is 0 Å². The van der Waals surface area contributed by atoms with Gasteiger partial charge in [-0.05, 0) is 18.2 Å². The van der Waals surface area contributed by atoms with Crippen LogP contribution in [0.2, 0.25) is 5.02 Å². The van der Waals surface area contributed by atoms with E-state index >= 15 is 0 Å². The number of hydrogen-bond acceptors (Lipinski definition) is 4. The first kappa shape index (κ1) is 24.6. The maximum Gasteiger partial charge on any atom is 0.460 e. The van der Waals surface area contributed by atoms with E-state index in [4.69, 9.17) is 11.6 Å². The summed E-state index contributed by atoms with van der Waals surface area (Å²) >= 11 is 5.36. The highest BCUT2D eigenvalue weighted by molar-refractivity contribution is 7.93. The molecule has 28 heavy (non-hydrogen) atoms. The van der Waals surface area contributed by atoms with Gasteiger partial charge in [0, 0.05) is 0 Å². The summed E-state index contributed by atoms with van der Waals surface area (Å²) in [6.45, 7) is 0. The largest absolute Gasteiger partial charge is 0.460 e. The third-order valence-electron chi connectivity index (χ3n) is 2.97. The Bertz CT molecular complexity index is 977. The number of primary sulfonamides is 1. The number of benzene rings is 1. The number of nitrogens with two attached hydrogens (primary N) is 1. The molecule has 162 valence electrons. The van der Waals surface area contributed by atoms with E-state index in [2.05, 4.69) is 5.14 Å². The predicted octanol–water partition coefficient (Wildman–Crippen LogP) is 3.15. The zero-order chi connectivity index (χ0) is 22.6. The average molecular weight is 489 g/mol. The molecule has 0 heterocycles. The molecule has 0 saturated heterocycles. The molecule has 1 aromatic rings. The minimum atomic E-state index is -7.43. The van der Waals surface area contributed by atoms with Crippen LogP contribution >= 0.6 is 11.6 Å². The van der Waals surface area contributed by atoms with Crippen LogP contribution in [-0.4, -0.2) is 40.1 Å². The molecule has 3 N–H and O–H groups in total. The topological polar surface area (TPSA) is 106 Å². The SMILES string of the molecule is NS(=O)(=O)c1ccc(NS(=O)(=O)C(F)(F)C(F)(F)C(F)(F)C(F)(F)F)c(Cl)c1. The number of hydrogen-bond donors (Lipinski definition) is 2. The summed E-state index contributed by atoms with van der Waals surface area (Å²) < 4.78 is 161. The number of rotatable bonds is 6. The molecular weight excluding hydrogens is 483 g/mol. The Morgan fingerprint density at radius 1 is 0.857 bits per heavy atom. The fraction of sp³-hybridized carbons (Fsp3) is 0.400. The Labute approximate surface area is 155 Å². The third-order valence-corrected chi connectivity index (χ3v) is 5.61. The lowest BCUT2D eigenvalue weighted by molar-refractivity contribution is -0.382. The van der Waals surface area contributed by atoms with Gasteiger partial charge in [0.05, 0.1) is 15.6 Å². The monoisotopic (exact) mass is 488 g/mol. The molecule has 0 aromatic heterocycles. The second kappa shape index (κ2) is 6.81. The summed E-state index contributed by atoms with van der Waals surface area (Å²) in [4.78, 5) is -0.791. The summed E-state index contributed by atoms with van der Waals surface area (Å²) in [7, 11) is -11.4. The zero-order valence-electron chi connectivity index (χ0n) is 12.5. The molecule has 0 unspecified atom stereocenters. The molecule has 6 nitrogen and oxygen atoms in total. The minimum Gasteiger partial charge on any atom is -0.277 e. The van der Waals surface area contributed by atoms with Crippen molar-refractivity contribution in [2.24, 2.45) is 5.14 Å². The van der Waals surface area contributed by atoms with E-state index in [9.17, 15) is 56.3 Å². The summed E-state index contributed by atoms with van der Waals surface area (Å²) in [6.07, 6.45) is -7.22. The number of anilines is 1. The van der Waals surface area contributed by atoms with Crippen LogP contribution in [0.4, 0.5) is 45.2 Å². The van der Waals surface area contributed by atoms with Crippen LogP contribution in [0.25, 0.3) is 0 Å². The molecule has 1 rings (SSSR count). The van der Waals surface area contributed by atoms with Crippen LogP contribution in [-0.2, 0) is 20.0 Å². The molecule has 18 heteroatoms. The molecule has 0 spiro atoms. The van der Waals surface area contributed by atoms with Crippen molar-refractivity contribution < 1.29 is 56.3 Å². The Hall–Kier alpha value is -1.46. The fourth-order valence-corrected chi connectivity index (χ4v) is 3.44. The molecule has 0 amide bonds. The summed E-state index contributed by atoms with van der Waals surface area (Å²) in [5, 5.41) is -3.33. The van der Waals surface area contributed by atoms with E-state index in [1.54, 1.807) is 0 Å². The molecule has 0 aliphatic rings. The number of halogens is 10. The smallest absolute Gasteiger partial charge is 0.277 e. The van der Waals surface area contributed by atoms with E-state index in [0.29, 0.717) is 22.9 Å². The first-order valence-corrected chi connectivity index (χ1v) is 9.55. The van der Waals surface area contributed by atoms with Crippen molar-refractivity contribution in [2.45, 2.75) is 28.2 Å². The van der Waals surface area contributed by atoms with Crippen LogP contribution < -0.4 is 9.86 Å². The molecule has 0 aliphatic heterocycles. The van der Waals surface area contributed by atoms with Crippen LogP contribution in [0.1, 0.15) is 0 Å². The molecule has 0 atom stereocenters. The van der Waals surface area contributed by atoms with Crippen molar-refractivity contribution in [1.29, 1.82) is 0 Å². The number of alkyl halides is 9. The Kier molecular flexibility index (Phi) is 5.97. The van der Waals surface area contributed by atoms with Gasteiger partial charge in [-0.25, -0.2) is 13.6 Å². The van der Waals surface area contributed by atoms with Gasteiger partial charge in [-0.3, -0.25) is 4.72 Å². The Morgan fingerprint density at radius 3 is 1.68 bits per heavy atom. The van der Waals surface area contributed by atoms with E-state index in [1.165, 1.54) is 0 Å². The normalized spacial score (nSPS) is 14.8. The third kappa shape index (κ3) is 3.97. The summed E-state index contributed by atoms with van der Waals surface area (Å²) in [6, 6.07) is 1.14. The predicted molar refractivity (Wildman–Crippen MR) is 76.3 cm³/mol. The lowest BCUT2D eigenvalue weighted by Crippen LogP contribution is -2.64.